The highest BCUT2D eigenvalue weighted by molar-refractivity contribution is 5.91. The molecular weight excluding hydrogens is 288 g/mol. The van der Waals surface area contributed by atoms with Crippen LogP contribution in [0.4, 0.5) is 5.82 Å². The number of carbonyl (C=O) groups is 1. The van der Waals surface area contributed by atoms with Crippen LogP contribution in [0.3, 0.4) is 0 Å². The number of amides is 1. The maximum absolute atomic E-state index is 11.9. The maximum Gasteiger partial charge on any atom is 0.229 e. The van der Waals surface area contributed by atoms with Gasteiger partial charge in [-0.15, -0.1) is 12.4 Å². The highest BCUT2D eigenvalue weighted by Gasteiger charge is 2.14. The van der Waals surface area contributed by atoms with Crippen molar-refractivity contribution in [3.63, 3.8) is 0 Å². The summed E-state index contributed by atoms with van der Waals surface area (Å²) in [5.74, 6) is 0.411. The van der Waals surface area contributed by atoms with Crippen molar-refractivity contribution >= 4 is 24.1 Å². The molecule has 1 aromatic carbocycles. The van der Waals surface area contributed by atoms with E-state index in [1.165, 1.54) is 0 Å². The van der Waals surface area contributed by atoms with Gasteiger partial charge in [-0.05, 0) is 12.5 Å². The fraction of sp³-hybridized carbons (Fsp3) is 0.333. The number of hydrogen-bond acceptors (Lipinski definition) is 3. The van der Waals surface area contributed by atoms with Crippen molar-refractivity contribution in [1.29, 1.82) is 0 Å². The van der Waals surface area contributed by atoms with Crippen LogP contribution >= 0.6 is 12.4 Å². The average molecular weight is 309 g/mol. The first-order valence-corrected chi connectivity index (χ1v) is 6.69. The fourth-order valence-corrected chi connectivity index (χ4v) is 1.88. The summed E-state index contributed by atoms with van der Waals surface area (Å²) < 4.78 is 1.80. The lowest BCUT2D eigenvalue weighted by atomic mass is 10.2. The third kappa shape index (κ3) is 4.58. The number of aryl methyl sites for hydroxylation is 1. The van der Waals surface area contributed by atoms with Gasteiger partial charge in [-0.1, -0.05) is 37.3 Å². The minimum Gasteiger partial charge on any atom is -0.330 e. The second-order valence-electron chi connectivity index (χ2n) is 4.94. The van der Waals surface area contributed by atoms with Crippen LogP contribution in [0.1, 0.15) is 18.2 Å². The number of anilines is 1. The van der Waals surface area contributed by atoms with E-state index in [0.717, 1.165) is 11.3 Å². The third-order valence-corrected chi connectivity index (χ3v) is 3.13. The van der Waals surface area contributed by atoms with Crippen molar-refractivity contribution < 1.29 is 4.79 Å². The summed E-state index contributed by atoms with van der Waals surface area (Å²) in [6.45, 7) is 4.67. The van der Waals surface area contributed by atoms with Crippen LogP contribution in [0.25, 0.3) is 0 Å². The Morgan fingerprint density at radius 2 is 2.05 bits per heavy atom. The molecule has 2 aromatic rings. The molecule has 1 unspecified atom stereocenters. The second-order valence-corrected chi connectivity index (χ2v) is 4.94. The minimum atomic E-state index is -0.213. The van der Waals surface area contributed by atoms with Gasteiger partial charge in [0, 0.05) is 18.5 Å². The molecule has 2 rings (SSSR count). The van der Waals surface area contributed by atoms with E-state index in [1.54, 1.807) is 11.6 Å². The number of nitrogens with zero attached hydrogens (tertiary/aromatic N) is 2. The molecule has 0 radical (unpaired) electrons. The third-order valence-electron chi connectivity index (χ3n) is 3.13. The molecule has 5 nitrogen and oxygen atoms in total. The highest BCUT2D eigenvalue weighted by Crippen LogP contribution is 2.14. The lowest BCUT2D eigenvalue weighted by Crippen LogP contribution is -2.27. The normalized spacial score (nSPS) is 11.6. The molecule has 0 bridgehead atoms. The summed E-state index contributed by atoms with van der Waals surface area (Å²) >= 11 is 0. The Balaban J connectivity index is 0.00000220. The Kier molecular flexibility index (Phi) is 6.39. The van der Waals surface area contributed by atoms with E-state index in [4.69, 9.17) is 5.73 Å². The van der Waals surface area contributed by atoms with Crippen molar-refractivity contribution in [2.24, 2.45) is 11.7 Å². The molecule has 1 amide bonds. The minimum absolute atomic E-state index is 0. The summed E-state index contributed by atoms with van der Waals surface area (Å²) in [6, 6.07) is 11.9. The number of nitrogens with one attached hydrogen (secondary N) is 1. The predicted molar refractivity (Wildman–Crippen MR) is 86.6 cm³/mol. The monoisotopic (exact) mass is 308 g/mol. The van der Waals surface area contributed by atoms with E-state index in [2.05, 4.69) is 10.4 Å². The molecule has 0 aliphatic heterocycles. The number of rotatable bonds is 5. The first-order valence-electron chi connectivity index (χ1n) is 6.69. The maximum atomic E-state index is 11.9. The van der Waals surface area contributed by atoms with Gasteiger partial charge in [0.2, 0.25) is 5.91 Å². The molecule has 1 atom stereocenters. The molecule has 0 fully saturated rings. The quantitative estimate of drug-likeness (QED) is 0.889. The van der Waals surface area contributed by atoms with Crippen LogP contribution in [0, 0.1) is 12.8 Å². The number of hydrogen-bond donors (Lipinski definition) is 2. The number of nitrogens with two attached hydrogens (primary N) is 1. The Morgan fingerprint density at radius 3 is 2.67 bits per heavy atom. The van der Waals surface area contributed by atoms with Gasteiger partial charge >= 0.3 is 0 Å². The molecule has 0 aliphatic carbocycles. The molecule has 1 aromatic heterocycles. The molecule has 3 N–H and O–H groups in total. The Labute approximate surface area is 130 Å². The van der Waals surface area contributed by atoms with E-state index < -0.39 is 0 Å². The van der Waals surface area contributed by atoms with Gasteiger partial charge in [-0.25, -0.2) is 4.68 Å². The summed E-state index contributed by atoms with van der Waals surface area (Å²) in [6.07, 6.45) is 0. The van der Waals surface area contributed by atoms with Crippen molar-refractivity contribution in [2.45, 2.75) is 20.4 Å². The van der Waals surface area contributed by atoms with Crippen LogP contribution in [0.2, 0.25) is 0 Å². The van der Waals surface area contributed by atoms with E-state index in [-0.39, 0.29) is 24.2 Å². The number of halogens is 1. The van der Waals surface area contributed by atoms with Crippen molar-refractivity contribution in [1.82, 2.24) is 9.78 Å². The molecule has 0 saturated heterocycles. The van der Waals surface area contributed by atoms with Gasteiger partial charge in [0.25, 0.3) is 0 Å². The SMILES string of the molecule is Cc1cc(NC(=O)C(C)CN)n(Cc2ccccc2)n1.Cl. The summed E-state index contributed by atoms with van der Waals surface area (Å²) in [7, 11) is 0. The molecule has 1 heterocycles. The lowest BCUT2D eigenvalue weighted by Gasteiger charge is -2.12. The number of aromatic nitrogens is 2. The molecule has 114 valence electrons. The number of carbonyl (C=O) groups excluding carboxylic acids is 1. The zero-order valence-electron chi connectivity index (χ0n) is 12.2. The van der Waals surface area contributed by atoms with Gasteiger partial charge in [-0.3, -0.25) is 4.79 Å². The molecule has 21 heavy (non-hydrogen) atoms. The fourth-order valence-electron chi connectivity index (χ4n) is 1.88. The average Bonchev–Trinajstić information content (AvgIpc) is 2.78. The van der Waals surface area contributed by atoms with Gasteiger partial charge < -0.3 is 11.1 Å². The van der Waals surface area contributed by atoms with E-state index in [1.807, 2.05) is 43.3 Å². The Hall–Kier alpha value is -1.85. The zero-order valence-corrected chi connectivity index (χ0v) is 13.1. The molecule has 0 aliphatic rings. The zero-order chi connectivity index (χ0) is 14.5. The largest absolute Gasteiger partial charge is 0.330 e. The van der Waals surface area contributed by atoms with Crippen LogP contribution in [0.15, 0.2) is 36.4 Å². The molecule has 6 heteroatoms. The van der Waals surface area contributed by atoms with E-state index in [9.17, 15) is 4.79 Å². The van der Waals surface area contributed by atoms with E-state index >= 15 is 0 Å². The molecule has 0 saturated carbocycles. The molecular formula is C15H21ClN4O. The Morgan fingerprint density at radius 1 is 1.38 bits per heavy atom. The van der Waals surface area contributed by atoms with E-state index in [0.29, 0.717) is 18.9 Å². The van der Waals surface area contributed by atoms with Crippen LogP contribution in [-0.4, -0.2) is 22.2 Å². The summed E-state index contributed by atoms with van der Waals surface area (Å²) in [5.41, 5.74) is 7.52. The first-order chi connectivity index (χ1) is 9.60. The summed E-state index contributed by atoms with van der Waals surface area (Å²) in [4.78, 5) is 11.9. The first kappa shape index (κ1) is 17.2. The van der Waals surface area contributed by atoms with Crippen LogP contribution < -0.4 is 11.1 Å². The van der Waals surface area contributed by atoms with Crippen LogP contribution in [-0.2, 0) is 11.3 Å². The van der Waals surface area contributed by atoms with Gasteiger partial charge in [0.1, 0.15) is 5.82 Å². The van der Waals surface area contributed by atoms with Crippen molar-refractivity contribution in [3.8, 4) is 0 Å². The lowest BCUT2D eigenvalue weighted by molar-refractivity contribution is -0.119. The van der Waals surface area contributed by atoms with Crippen molar-refractivity contribution in [3.05, 3.63) is 47.7 Å². The van der Waals surface area contributed by atoms with Crippen molar-refractivity contribution in [2.75, 3.05) is 11.9 Å². The van der Waals surface area contributed by atoms with Gasteiger partial charge in [0.05, 0.1) is 12.2 Å². The number of benzene rings is 1. The smallest absolute Gasteiger partial charge is 0.229 e. The molecule has 0 spiro atoms. The highest BCUT2D eigenvalue weighted by atomic mass is 35.5. The topological polar surface area (TPSA) is 72.9 Å². The van der Waals surface area contributed by atoms with Gasteiger partial charge in [0.15, 0.2) is 0 Å². The second kappa shape index (κ2) is 7.81. The Bertz CT molecular complexity index is 583. The van der Waals surface area contributed by atoms with Gasteiger partial charge in [-0.2, -0.15) is 5.10 Å². The summed E-state index contributed by atoms with van der Waals surface area (Å²) in [5, 5.41) is 7.30. The standard InChI is InChI=1S/C15H20N4O.ClH/c1-11(9-16)15(20)17-14-8-12(2)18-19(14)10-13-6-4-3-5-7-13;/h3-8,11H,9-10,16H2,1-2H3,(H,17,20);1H. The van der Waals surface area contributed by atoms with Crippen LogP contribution in [0.5, 0.6) is 0 Å². The predicted octanol–water partition coefficient (Wildman–Crippen LogP) is 2.19.